The third-order valence-electron chi connectivity index (χ3n) is 8.33. The van der Waals surface area contributed by atoms with Gasteiger partial charge in [-0.15, -0.1) is 0 Å². The van der Waals surface area contributed by atoms with Gasteiger partial charge in [0.05, 0.1) is 37.4 Å². The van der Waals surface area contributed by atoms with Crippen LogP contribution in [0.25, 0.3) is 11.4 Å². The van der Waals surface area contributed by atoms with Crippen LogP contribution in [0.1, 0.15) is 18.9 Å². The van der Waals surface area contributed by atoms with Gasteiger partial charge in [-0.1, -0.05) is 0 Å². The number of carbonyl (C=O) groups excluding carboxylic acids is 1. The van der Waals surface area contributed by atoms with Crippen molar-refractivity contribution in [1.29, 1.82) is 5.26 Å². The highest BCUT2D eigenvalue weighted by Crippen LogP contribution is 2.29. The SMILES string of the molecule is CC(N)C(=O)N1CCC(Oc2ccc(-c3ncnc(Nc4ccc(N5CCN(C6COC6)CC5)cc4)n3)cc2C#N)C(F)C1. The molecular weight excluding hydrogens is 565 g/mol. The number of ether oxygens (including phenoxy) is 2. The maximum Gasteiger partial charge on any atom is 0.239 e. The third-order valence-corrected chi connectivity index (χ3v) is 8.33. The maximum absolute atomic E-state index is 14.9. The van der Waals surface area contributed by atoms with E-state index in [1.54, 1.807) is 25.1 Å². The third kappa shape index (κ3) is 6.57. The molecule has 3 unspecified atom stereocenters. The Labute approximate surface area is 255 Å². The summed E-state index contributed by atoms with van der Waals surface area (Å²) < 4.78 is 26.1. The first-order valence-corrected chi connectivity index (χ1v) is 14.9. The van der Waals surface area contributed by atoms with Crippen molar-refractivity contribution in [2.75, 3.05) is 62.7 Å². The number of alkyl halides is 1. The molecule has 3 aliphatic rings. The number of hydrogen-bond donors (Lipinski definition) is 2. The van der Waals surface area contributed by atoms with Gasteiger partial charge in [0.1, 0.15) is 24.3 Å². The van der Waals surface area contributed by atoms with Crippen molar-refractivity contribution in [2.45, 2.75) is 37.7 Å². The molecule has 3 N–H and O–H groups in total. The van der Waals surface area contributed by atoms with E-state index in [0.29, 0.717) is 36.3 Å². The minimum Gasteiger partial charge on any atom is -0.486 e. The number of aromatic nitrogens is 3. The Morgan fingerprint density at radius 2 is 1.91 bits per heavy atom. The van der Waals surface area contributed by atoms with Crippen LogP contribution in [0.5, 0.6) is 5.75 Å². The van der Waals surface area contributed by atoms with Crippen LogP contribution in [0.15, 0.2) is 48.8 Å². The van der Waals surface area contributed by atoms with E-state index in [1.807, 2.05) is 12.1 Å². The van der Waals surface area contributed by atoms with E-state index < -0.39 is 18.3 Å². The zero-order chi connectivity index (χ0) is 30.6. The lowest BCUT2D eigenvalue weighted by atomic mass is 10.0. The number of halogens is 1. The van der Waals surface area contributed by atoms with E-state index in [-0.39, 0.29) is 23.8 Å². The van der Waals surface area contributed by atoms with Crippen LogP contribution in [-0.2, 0) is 9.53 Å². The molecule has 6 rings (SSSR count). The van der Waals surface area contributed by atoms with Gasteiger partial charge in [0.2, 0.25) is 11.9 Å². The van der Waals surface area contributed by atoms with E-state index in [9.17, 15) is 14.4 Å². The quantitative estimate of drug-likeness (QED) is 0.392. The number of piperidine rings is 1. The summed E-state index contributed by atoms with van der Waals surface area (Å²) in [5.41, 5.74) is 8.50. The minimum absolute atomic E-state index is 0.0953. The molecule has 3 saturated heterocycles. The highest BCUT2D eigenvalue weighted by Gasteiger charge is 2.34. The molecule has 0 aliphatic carbocycles. The van der Waals surface area contributed by atoms with Gasteiger partial charge in [0.25, 0.3) is 0 Å². The molecule has 3 fully saturated rings. The van der Waals surface area contributed by atoms with Gasteiger partial charge in [-0.05, 0) is 49.4 Å². The Morgan fingerprint density at radius 3 is 2.57 bits per heavy atom. The molecule has 0 radical (unpaired) electrons. The average Bonchev–Trinajstić information content (AvgIpc) is 3.02. The Hall–Kier alpha value is -4.38. The molecule has 0 bridgehead atoms. The van der Waals surface area contributed by atoms with Crippen LogP contribution in [-0.4, -0.2) is 108 Å². The summed E-state index contributed by atoms with van der Waals surface area (Å²) in [5.74, 6) is 0.719. The van der Waals surface area contributed by atoms with Crippen molar-refractivity contribution in [3.63, 3.8) is 0 Å². The van der Waals surface area contributed by atoms with E-state index in [2.05, 4.69) is 48.3 Å². The number of anilines is 3. The minimum atomic E-state index is -1.40. The van der Waals surface area contributed by atoms with Gasteiger partial charge in [-0.2, -0.15) is 10.2 Å². The van der Waals surface area contributed by atoms with Crippen molar-refractivity contribution < 1.29 is 18.7 Å². The van der Waals surface area contributed by atoms with Crippen LogP contribution in [0, 0.1) is 11.3 Å². The number of piperazine rings is 1. The Kier molecular flexibility index (Phi) is 8.83. The molecule has 0 saturated carbocycles. The number of hydrogen-bond acceptors (Lipinski definition) is 11. The number of nitrogens with zero attached hydrogens (tertiary/aromatic N) is 7. The number of nitrogens with two attached hydrogens (primary N) is 1. The average molecular weight is 602 g/mol. The lowest BCUT2D eigenvalue weighted by Crippen LogP contribution is -2.56. The first-order valence-electron chi connectivity index (χ1n) is 14.9. The fourth-order valence-corrected chi connectivity index (χ4v) is 5.69. The molecule has 44 heavy (non-hydrogen) atoms. The van der Waals surface area contributed by atoms with Gasteiger partial charge in [-0.3, -0.25) is 9.69 Å². The molecular formula is C31H36FN9O3. The topological polar surface area (TPSA) is 146 Å². The van der Waals surface area contributed by atoms with Crippen molar-refractivity contribution >= 4 is 23.2 Å². The van der Waals surface area contributed by atoms with Gasteiger partial charge in [0, 0.05) is 56.1 Å². The van der Waals surface area contributed by atoms with Gasteiger partial charge in [0.15, 0.2) is 12.0 Å². The summed E-state index contributed by atoms with van der Waals surface area (Å²) in [7, 11) is 0. The number of rotatable bonds is 8. The molecule has 4 heterocycles. The molecule has 3 aromatic rings. The summed E-state index contributed by atoms with van der Waals surface area (Å²) in [6.45, 7) is 7.55. The maximum atomic E-state index is 14.9. The zero-order valence-electron chi connectivity index (χ0n) is 24.6. The zero-order valence-corrected chi connectivity index (χ0v) is 24.6. The molecule has 230 valence electrons. The summed E-state index contributed by atoms with van der Waals surface area (Å²) >= 11 is 0. The van der Waals surface area contributed by atoms with Crippen molar-refractivity contribution in [1.82, 2.24) is 24.8 Å². The lowest BCUT2D eigenvalue weighted by molar-refractivity contribution is -0.136. The second-order valence-corrected chi connectivity index (χ2v) is 11.4. The van der Waals surface area contributed by atoms with E-state index in [4.69, 9.17) is 15.2 Å². The van der Waals surface area contributed by atoms with Crippen LogP contribution in [0.3, 0.4) is 0 Å². The highest BCUT2D eigenvalue weighted by atomic mass is 19.1. The van der Waals surface area contributed by atoms with Crippen molar-refractivity contribution in [2.24, 2.45) is 5.73 Å². The van der Waals surface area contributed by atoms with Crippen molar-refractivity contribution in [3.05, 3.63) is 54.4 Å². The fraction of sp³-hybridized carbons (Fsp3) is 0.452. The van der Waals surface area contributed by atoms with Crippen LogP contribution < -0.4 is 20.7 Å². The van der Waals surface area contributed by atoms with E-state index in [0.717, 1.165) is 45.1 Å². The Morgan fingerprint density at radius 1 is 1.14 bits per heavy atom. The van der Waals surface area contributed by atoms with Gasteiger partial charge >= 0.3 is 0 Å². The molecule has 3 aliphatic heterocycles. The van der Waals surface area contributed by atoms with Crippen LogP contribution in [0.2, 0.25) is 0 Å². The second-order valence-electron chi connectivity index (χ2n) is 11.4. The lowest BCUT2D eigenvalue weighted by Gasteiger charge is -2.43. The summed E-state index contributed by atoms with van der Waals surface area (Å²) in [4.78, 5) is 31.5. The standard InChI is InChI=1S/C31H36FN9O3/c1-20(34)30(42)41-9-8-28(26(32)16-41)44-27-7-2-21(14-22(27)15-33)29-35-19-36-31(38-29)37-23-3-5-24(6-4-23)39-10-12-40(13-11-39)25-17-43-18-25/h2-7,14,19-20,25-26,28H,8-13,16-18,34H2,1H3,(H,35,36,37,38). The molecule has 1 amide bonds. The Balaban J connectivity index is 1.07. The number of likely N-dealkylation sites (tertiary alicyclic amines) is 1. The van der Waals surface area contributed by atoms with Gasteiger partial charge in [-0.25, -0.2) is 14.4 Å². The first kappa shape index (κ1) is 29.7. The smallest absolute Gasteiger partial charge is 0.239 e. The second kappa shape index (κ2) is 13.1. The summed E-state index contributed by atoms with van der Waals surface area (Å²) in [6.07, 6.45) is -0.478. The first-order chi connectivity index (χ1) is 21.4. The number of benzene rings is 2. The normalized spacial score (nSPS) is 21.7. The highest BCUT2D eigenvalue weighted by molar-refractivity contribution is 5.81. The fourth-order valence-electron chi connectivity index (χ4n) is 5.69. The largest absolute Gasteiger partial charge is 0.486 e. The molecule has 1 aromatic heterocycles. The number of nitriles is 1. The molecule has 2 aromatic carbocycles. The number of nitrogens with one attached hydrogen (secondary N) is 1. The number of carbonyl (C=O) groups is 1. The summed E-state index contributed by atoms with van der Waals surface area (Å²) in [5, 5.41) is 13.0. The Bertz CT molecular complexity index is 1500. The predicted molar refractivity (Wildman–Crippen MR) is 162 cm³/mol. The molecule has 12 nitrogen and oxygen atoms in total. The van der Waals surface area contributed by atoms with E-state index >= 15 is 0 Å². The predicted octanol–water partition coefficient (Wildman–Crippen LogP) is 2.34. The van der Waals surface area contributed by atoms with Crippen LogP contribution in [0.4, 0.5) is 21.7 Å². The molecule has 13 heteroatoms. The number of amides is 1. The van der Waals surface area contributed by atoms with Crippen molar-refractivity contribution in [3.8, 4) is 23.2 Å². The molecule has 0 spiro atoms. The van der Waals surface area contributed by atoms with Crippen LogP contribution >= 0.6 is 0 Å². The van der Waals surface area contributed by atoms with Gasteiger partial charge < -0.3 is 30.3 Å². The summed E-state index contributed by atoms with van der Waals surface area (Å²) in [6, 6.07) is 15.2. The molecule has 3 atom stereocenters. The van der Waals surface area contributed by atoms with E-state index in [1.165, 1.54) is 16.9 Å². The monoisotopic (exact) mass is 601 g/mol.